The number of aromatic amines is 1. The SMILES string of the molecule is CO/C(C)=C/C=C\C=C\c1c[nH]c2ncc(-c3ccc(F)nc3)cc12. The van der Waals surface area contributed by atoms with Crippen molar-refractivity contribution in [2.24, 2.45) is 0 Å². The first kappa shape index (κ1) is 16.6. The number of nitrogens with zero attached hydrogens (tertiary/aromatic N) is 2. The second-order valence-corrected chi connectivity index (χ2v) is 5.46. The number of H-pyrrole nitrogens is 1. The number of ether oxygens (including phenoxy) is 1. The highest BCUT2D eigenvalue weighted by Gasteiger charge is 2.06. The number of aromatic nitrogens is 3. The molecule has 0 spiro atoms. The number of rotatable bonds is 5. The Kier molecular flexibility index (Phi) is 5.04. The molecular weight excluding hydrogens is 317 g/mol. The fourth-order valence-electron chi connectivity index (χ4n) is 2.35. The summed E-state index contributed by atoms with van der Waals surface area (Å²) >= 11 is 0. The highest BCUT2D eigenvalue weighted by atomic mass is 19.1. The van der Waals surface area contributed by atoms with E-state index in [0.717, 1.165) is 33.5 Å². The van der Waals surface area contributed by atoms with Crippen molar-refractivity contribution >= 4 is 17.1 Å². The Morgan fingerprint density at radius 3 is 2.72 bits per heavy atom. The van der Waals surface area contributed by atoms with Crippen LogP contribution >= 0.6 is 0 Å². The predicted octanol–water partition coefficient (Wildman–Crippen LogP) is 4.88. The van der Waals surface area contributed by atoms with Gasteiger partial charge in [0, 0.05) is 40.7 Å². The van der Waals surface area contributed by atoms with Crippen LogP contribution in [-0.2, 0) is 4.74 Å². The molecule has 3 rings (SSSR count). The van der Waals surface area contributed by atoms with Crippen molar-refractivity contribution in [2.75, 3.05) is 7.11 Å². The van der Waals surface area contributed by atoms with E-state index in [2.05, 4.69) is 15.0 Å². The standard InChI is InChI=1S/C20H18FN3O/c1-14(25-2)6-4-3-5-7-16-12-23-20-18(16)10-17(13-24-20)15-8-9-19(21)22-11-15/h3-13H,1-2H3,(H,23,24)/b4-3-,7-5+,14-6+. The lowest BCUT2D eigenvalue weighted by Crippen LogP contribution is -1.85. The number of allylic oxidation sites excluding steroid dienone is 5. The molecule has 0 fully saturated rings. The molecule has 0 unspecified atom stereocenters. The molecule has 0 amide bonds. The normalized spacial score (nSPS) is 12.5. The summed E-state index contributed by atoms with van der Waals surface area (Å²) in [4.78, 5) is 11.3. The van der Waals surface area contributed by atoms with E-state index in [4.69, 9.17) is 4.74 Å². The monoisotopic (exact) mass is 335 g/mol. The van der Waals surface area contributed by atoms with Crippen molar-refractivity contribution in [1.82, 2.24) is 15.0 Å². The van der Waals surface area contributed by atoms with Gasteiger partial charge in [0.1, 0.15) is 5.65 Å². The quantitative estimate of drug-likeness (QED) is 0.410. The molecule has 0 saturated carbocycles. The van der Waals surface area contributed by atoms with Gasteiger partial charge in [-0.25, -0.2) is 9.97 Å². The molecule has 126 valence electrons. The van der Waals surface area contributed by atoms with Gasteiger partial charge in [0.15, 0.2) is 0 Å². The van der Waals surface area contributed by atoms with E-state index in [-0.39, 0.29) is 0 Å². The van der Waals surface area contributed by atoms with Crippen LogP contribution in [0.5, 0.6) is 0 Å². The van der Waals surface area contributed by atoms with Crippen LogP contribution in [0, 0.1) is 5.95 Å². The van der Waals surface area contributed by atoms with Gasteiger partial charge in [0.05, 0.1) is 12.9 Å². The number of hydrogen-bond acceptors (Lipinski definition) is 3. The number of fused-ring (bicyclic) bond motifs is 1. The number of nitrogens with one attached hydrogen (secondary N) is 1. The zero-order chi connectivity index (χ0) is 17.6. The van der Waals surface area contributed by atoms with E-state index in [0.29, 0.717) is 0 Å². The van der Waals surface area contributed by atoms with Crippen LogP contribution in [0.15, 0.2) is 66.9 Å². The van der Waals surface area contributed by atoms with Gasteiger partial charge in [-0.05, 0) is 31.2 Å². The Morgan fingerprint density at radius 2 is 1.96 bits per heavy atom. The number of halogens is 1. The summed E-state index contributed by atoms with van der Waals surface area (Å²) < 4.78 is 18.1. The first-order valence-electron chi connectivity index (χ1n) is 7.82. The van der Waals surface area contributed by atoms with Crippen LogP contribution in [-0.4, -0.2) is 22.1 Å². The first-order chi connectivity index (χ1) is 12.2. The topological polar surface area (TPSA) is 50.8 Å². The fourth-order valence-corrected chi connectivity index (χ4v) is 2.35. The van der Waals surface area contributed by atoms with Crippen molar-refractivity contribution < 1.29 is 9.13 Å². The summed E-state index contributed by atoms with van der Waals surface area (Å²) in [6.07, 6.45) is 14.9. The molecule has 0 aliphatic carbocycles. The molecule has 4 nitrogen and oxygen atoms in total. The third kappa shape index (κ3) is 4.01. The second kappa shape index (κ2) is 7.57. The average Bonchev–Trinajstić information content (AvgIpc) is 3.04. The van der Waals surface area contributed by atoms with E-state index in [1.165, 1.54) is 12.3 Å². The third-order valence-corrected chi connectivity index (χ3v) is 3.77. The molecule has 0 aliphatic heterocycles. The molecule has 3 aromatic heterocycles. The minimum atomic E-state index is -0.493. The molecular formula is C20H18FN3O. The molecule has 3 heterocycles. The Morgan fingerprint density at radius 1 is 1.12 bits per heavy atom. The lowest BCUT2D eigenvalue weighted by Gasteiger charge is -2.01. The lowest BCUT2D eigenvalue weighted by atomic mass is 10.1. The molecule has 0 aromatic carbocycles. The molecule has 0 atom stereocenters. The molecule has 0 saturated heterocycles. The Hall–Kier alpha value is -3.21. The Labute approximate surface area is 145 Å². The Balaban J connectivity index is 1.87. The third-order valence-electron chi connectivity index (χ3n) is 3.77. The van der Waals surface area contributed by atoms with Crippen LogP contribution in [0.25, 0.3) is 28.2 Å². The van der Waals surface area contributed by atoms with E-state index in [9.17, 15) is 4.39 Å². The summed E-state index contributed by atoms with van der Waals surface area (Å²) in [5, 5.41) is 0.995. The van der Waals surface area contributed by atoms with E-state index >= 15 is 0 Å². The van der Waals surface area contributed by atoms with Gasteiger partial charge in [0.2, 0.25) is 5.95 Å². The molecule has 25 heavy (non-hydrogen) atoms. The summed E-state index contributed by atoms with van der Waals surface area (Å²) in [7, 11) is 1.64. The van der Waals surface area contributed by atoms with Gasteiger partial charge in [0.25, 0.3) is 0 Å². The predicted molar refractivity (Wildman–Crippen MR) is 98.2 cm³/mol. The summed E-state index contributed by atoms with van der Waals surface area (Å²) in [5.41, 5.74) is 3.55. The molecule has 1 N–H and O–H groups in total. The zero-order valence-electron chi connectivity index (χ0n) is 14.0. The van der Waals surface area contributed by atoms with E-state index in [1.807, 2.05) is 49.6 Å². The molecule has 0 aliphatic rings. The van der Waals surface area contributed by atoms with Gasteiger partial charge in [-0.15, -0.1) is 0 Å². The maximum absolute atomic E-state index is 13.0. The first-order valence-corrected chi connectivity index (χ1v) is 7.82. The fraction of sp³-hybridized carbons (Fsp3) is 0.100. The van der Waals surface area contributed by atoms with Gasteiger partial charge < -0.3 is 9.72 Å². The van der Waals surface area contributed by atoms with E-state index in [1.54, 1.807) is 19.4 Å². The number of methoxy groups -OCH3 is 1. The molecule has 3 aromatic rings. The molecule has 5 heteroatoms. The van der Waals surface area contributed by atoms with Gasteiger partial charge in [-0.3, -0.25) is 0 Å². The van der Waals surface area contributed by atoms with Crippen LogP contribution < -0.4 is 0 Å². The van der Waals surface area contributed by atoms with Crippen molar-refractivity contribution in [2.45, 2.75) is 6.92 Å². The Bertz CT molecular complexity index is 953. The highest BCUT2D eigenvalue weighted by molar-refractivity contribution is 5.89. The van der Waals surface area contributed by atoms with Crippen LogP contribution in [0.2, 0.25) is 0 Å². The van der Waals surface area contributed by atoms with Crippen molar-refractivity contribution in [1.29, 1.82) is 0 Å². The van der Waals surface area contributed by atoms with Crippen LogP contribution in [0.1, 0.15) is 12.5 Å². The van der Waals surface area contributed by atoms with Crippen molar-refractivity contribution in [3.63, 3.8) is 0 Å². The van der Waals surface area contributed by atoms with Gasteiger partial charge >= 0.3 is 0 Å². The van der Waals surface area contributed by atoms with E-state index < -0.39 is 5.95 Å². The zero-order valence-corrected chi connectivity index (χ0v) is 14.0. The minimum Gasteiger partial charge on any atom is -0.501 e. The van der Waals surface area contributed by atoms with Gasteiger partial charge in [-0.1, -0.05) is 24.3 Å². The molecule has 0 radical (unpaired) electrons. The second-order valence-electron chi connectivity index (χ2n) is 5.46. The number of hydrogen-bond donors (Lipinski definition) is 1. The lowest BCUT2D eigenvalue weighted by molar-refractivity contribution is 0.294. The maximum atomic E-state index is 13.0. The number of pyridine rings is 2. The maximum Gasteiger partial charge on any atom is 0.212 e. The largest absolute Gasteiger partial charge is 0.501 e. The minimum absolute atomic E-state index is 0.493. The summed E-state index contributed by atoms with van der Waals surface area (Å²) in [6.45, 7) is 1.89. The molecule has 0 bridgehead atoms. The van der Waals surface area contributed by atoms with Crippen LogP contribution in [0.4, 0.5) is 4.39 Å². The van der Waals surface area contributed by atoms with Crippen LogP contribution in [0.3, 0.4) is 0 Å². The summed E-state index contributed by atoms with van der Waals surface area (Å²) in [5.74, 6) is 0.353. The smallest absolute Gasteiger partial charge is 0.212 e. The van der Waals surface area contributed by atoms with Gasteiger partial charge in [-0.2, -0.15) is 4.39 Å². The highest BCUT2D eigenvalue weighted by Crippen LogP contribution is 2.25. The van der Waals surface area contributed by atoms with Crippen molar-refractivity contribution in [3.05, 3.63) is 78.4 Å². The summed E-state index contributed by atoms with van der Waals surface area (Å²) in [6, 6.07) is 5.06. The average molecular weight is 335 g/mol. The van der Waals surface area contributed by atoms with Crippen molar-refractivity contribution in [3.8, 4) is 11.1 Å².